The monoisotopic (exact) mass is 351 g/mol. The van der Waals surface area contributed by atoms with Gasteiger partial charge in [-0.15, -0.1) is 0 Å². The highest BCUT2D eigenvalue weighted by atomic mass is 35.5. The number of nitrogens with zero attached hydrogens (tertiary/aromatic N) is 3. The van der Waals surface area contributed by atoms with Crippen LogP contribution in [0.4, 0.5) is 0 Å². The summed E-state index contributed by atoms with van der Waals surface area (Å²) >= 11 is 6.28. The van der Waals surface area contributed by atoms with Crippen molar-refractivity contribution in [1.82, 2.24) is 9.55 Å². The van der Waals surface area contributed by atoms with Crippen LogP contribution in [0.3, 0.4) is 0 Å². The maximum absolute atomic E-state index is 9.60. The van der Waals surface area contributed by atoms with E-state index in [9.17, 15) is 5.26 Å². The molecule has 0 bridgehead atoms. The number of benzene rings is 2. The number of imidazole rings is 1. The molecule has 0 spiro atoms. The molecule has 0 N–H and O–H groups in total. The Morgan fingerprint density at radius 1 is 1.28 bits per heavy atom. The molecule has 0 radical (unpaired) electrons. The third kappa shape index (κ3) is 3.52. The van der Waals surface area contributed by atoms with Crippen molar-refractivity contribution in [2.45, 2.75) is 20.0 Å². The summed E-state index contributed by atoms with van der Waals surface area (Å²) in [6.45, 7) is 3.90. The second kappa shape index (κ2) is 7.00. The largest absolute Gasteiger partial charge is 0.489 e. The van der Waals surface area contributed by atoms with Crippen molar-refractivity contribution in [3.8, 4) is 11.8 Å². The number of para-hydroxylation sites is 2. The van der Waals surface area contributed by atoms with Crippen molar-refractivity contribution in [3.05, 3.63) is 58.9 Å². The number of nitriles is 1. The lowest BCUT2D eigenvalue weighted by Gasteiger charge is -2.11. The molecule has 1 aromatic heterocycles. The van der Waals surface area contributed by atoms with Gasteiger partial charge in [-0.3, -0.25) is 0 Å². The Labute approximate surface area is 151 Å². The van der Waals surface area contributed by atoms with Crippen molar-refractivity contribution in [1.29, 1.82) is 5.26 Å². The van der Waals surface area contributed by atoms with E-state index in [1.54, 1.807) is 12.1 Å². The minimum atomic E-state index is 0.0496. The smallest absolute Gasteiger partial charge is 0.151 e. The zero-order valence-corrected chi connectivity index (χ0v) is 15.1. The lowest BCUT2D eigenvalue weighted by molar-refractivity contribution is 0.242. The number of hydrogen-bond donors (Lipinski definition) is 0. The molecule has 2 aromatic carbocycles. The van der Waals surface area contributed by atoms with Crippen LogP contribution in [-0.2, 0) is 7.05 Å². The van der Waals surface area contributed by atoms with Gasteiger partial charge in [-0.1, -0.05) is 29.8 Å². The number of ether oxygens (including phenoxy) is 1. The molecule has 4 nitrogen and oxygen atoms in total. The highest BCUT2D eigenvalue weighted by molar-refractivity contribution is 6.32. The fraction of sp³-hybridized carbons (Fsp3) is 0.200. The molecule has 0 saturated carbocycles. The van der Waals surface area contributed by atoms with Gasteiger partial charge in [-0.05, 0) is 49.8 Å². The Morgan fingerprint density at radius 2 is 2.04 bits per heavy atom. The van der Waals surface area contributed by atoms with E-state index in [4.69, 9.17) is 16.3 Å². The van der Waals surface area contributed by atoms with Crippen LogP contribution in [0.5, 0.6) is 5.75 Å². The van der Waals surface area contributed by atoms with Crippen LogP contribution in [0.15, 0.2) is 42.5 Å². The van der Waals surface area contributed by atoms with Crippen LogP contribution in [-0.4, -0.2) is 15.7 Å². The van der Waals surface area contributed by atoms with Crippen LogP contribution >= 0.6 is 11.6 Å². The van der Waals surface area contributed by atoms with Gasteiger partial charge in [0, 0.05) is 7.05 Å². The normalized spacial score (nSPS) is 11.8. The number of halogens is 1. The molecule has 0 saturated heterocycles. The third-order valence-electron chi connectivity index (χ3n) is 3.78. The van der Waals surface area contributed by atoms with Gasteiger partial charge in [0.25, 0.3) is 0 Å². The first-order valence-electron chi connectivity index (χ1n) is 7.99. The van der Waals surface area contributed by atoms with E-state index < -0.39 is 0 Å². The molecule has 0 aliphatic carbocycles. The first kappa shape index (κ1) is 17.1. The molecule has 3 aromatic rings. The zero-order valence-electron chi connectivity index (χ0n) is 14.3. The lowest BCUT2D eigenvalue weighted by Crippen LogP contribution is -2.05. The Hall–Kier alpha value is -2.77. The van der Waals surface area contributed by atoms with Crippen LogP contribution in [0, 0.1) is 11.3 Å². The van der Waals surface area contributed by atoms with E-state index in [1.807, 2.05) is 61.9 Å². The number of aromatic nitrogens is 2. The number of aryl methyl sites for hydroxylation is 1. The summed E-state index contributed by atoms with van der Waals surface area (Å²) in [4.78, 5) is 4.57. The highest BCUT2D eigenvalue weighted by Crippen LogP contribution is 2.28. The highest BCUT2D eigenvalue weighted by Gasteiger charge is 2.12. The first-order valence-corrected chi connectivity index (χ1v) is 8.37. The Bertz CT molecular complexity index is 996. The van der Waals surface area contributed by atoms with Gasteiger partial charge >= 0.3 is 0 Å². The number of rotatable bonds is 4. The topological polar surface area (TPSA) is 50.8 Å². The second-order valence-electron chi connectivity index (χ2n) is 6.01. The summed E-state index contributed by atoms with van der Waals surface area (Å²) in [5.74, 6) is 1.26. The van der Waals surface area contributed by atoms with Crippen molar-refractivity contribution in [2.24, 2.45) is 7.05 Å². The van der Waals surface area contributed by atoms with E-state index in [0.29, 0.717) is 22.2 Å². The zero-order chi connectivity index (χ0) is 18.0. The summed E-state index contributed by atoms with van der Waals surface area (Å²) in [6, 6.07) is 15.5. The van der Waals surface area contributed by atoms with Gasteiger partial charge in [0.1, 0.15) is 11.8 Å². The maximum atomic E-state index is 9.60. The molecule has 0 atom stereocenters. The number of allylic oxidation sites excluding steroid dienone is 1. The average Bonchev–Trinajstić information content (AvgIpc) is 2.92. The summed E-state index contributed by atoms with van der Waals surface area (Å²) < 4.78 is 7.56. The van der Waals surface area contributed by atoms with Gasteiger partial charge in [-0.25, -0.2) is 4.98 Å². The van der Waals surface area contributed by atoms with Gasteiger partial charge < -0.3 is 9.30 Å². The van der Waals surface area contributed by atoms with Crippen LogP contribution in [0.25, 0.3) is 22.7 Å². The van der Waals surface area contributed by atoms with Crippen molar-refractivity contribution >= 4 is 34.3 Å². The molecule has 3 rings (SSSR count). The van der Waals surface area contributed by atoms with Crippen LogP contribution in [0.2, 0.25) is 5.02 Å². The molecule has 0 aliphatic heterocycles. The van der Waals surface area contributed by atoms with E-state index >= 15 is 0 Å². The van der Waals surface area contributed by atoms with Crippen LogP contribution < -0.4 is 4.74 Å². The predicted octanol–water partition coefficient (Wildman–Crippen LogP) is 5.08. The lowest BCUT2D eigenvalue weighted by atomic mass is 10.1. The Balaban J connectivity index is 2.02. The SMILES string of the molecule is CC(C)Oc1ccc(/C=C(/C#N)c2nc3ccccc3n2C)cc1Cl. The van der Waals surface area contributed by atoms with Crippen molar-refractivity contribution in [2.75, 3.05) is 0 Å². The Kier molecular flexibility index (Phi) is 4.78. The molecule has 0 fully saturated rings. The minimum Gasteiger partial charge on any atom is -0.489 e. The van der Waals surface area contributed by atoms with E-state index in [2.05, 4.69) is 11.1 Å². The van der Waals surface area contributed by atoms with Crippen molar-refractivity contribution in [3.63, 3.8) is 0 Å². The molecule has 5 heteroatoms. The summed E-state index contributed by atoms with van der Waals surface area (Å²) in [5, 5.41) is 10.1. The predicted molar refractivity (Wildman–Crippen MR) is 101 cm³/mol. The summed E-state index contributed by atoms with van der Waals surface area (Å²) in [7, 11) is 1.91. The van der Waals surface area contributed by atoms with Gasteiger partial charge in [-0.2, -0.15) is 5.26 Å². The molecular weight excluding hydrogens is 334 g/mol. The summed E-state index contributed by atoms with van der Waals surface area (Å²) in [6.07, 6.45) is 1.83. The second-order valence-corrected chi connectivity index (χ2v) is 6.42. The standard InChI is InChI=1S/C20H18ClN3O/c1-13(2)25-19-9-8-14(11-16(19)21)10-15(12-22)20-23-17-6-4-5-7-18(17)24(20)3/h4-11,13H,1-3H3/b15-10-. The van der Waals surface area contributed by atoms with Gasteiger partial charge in [0.2, 0.25) is 0 Å². The molecule has 25 heavy (non-hydrogen) atoms. The summed E-state index contributed by atoms with van der Waals surface area (Å²) in [5.41, 5.74) is 3.15. The fourth-order valence-corrected chi connectivity index (χ4v) is 2.89. The molecule has 0 unspecified atom stereocenters. The van der Waals surface area contributed by atoms with E-state index in [1.165, 1.54) is 0 Å². The average molecular weight is 352 g/mol. The maximum Gasteiger partial charge on any atom is 0.151 e. The molecular formula is C20H18ClN3O. The van der Waals surface area contributed by atoms with Gasteiger partial charge in [0.15, 0.2) is 5.82 Å². The molecule has 0 aliphatic rings. The van der Waals surface area contributed by atoms with E-state index in [0.717, 1.165) is 16.6 Å². The Morgan fingerprint density at radius 3 is 2.68 bits per heavy atom. The minimum absolute atomic E-state index is 0.0496. The first-order chi connectivity index (χ1) is 12.0. The van der Waals surface area contributed by atoms with Crippen molar-refractivity contribution < 1.29 is 4.74 Å². The molecule has 1 heterocycles. The fourth-order valence-electron chi connectivity index (χ4n) is 2.66. The van der Waals surface area contributed by atoms with Crippen LogP contribution in [0.1, 0.15) is 25.2 Å². The molecule has 126 valence electrons. The molecule has 0 amide bonds. The third-order valence-corrected chi connectivity index (χ3v) is 4.07. The number of hydrogen-bond acceptors (Lipinski definition) is 3. The van der Waals surface area contributed by atoms with E-state index in [-0.39, 0.29) is 6.10 Å². The quantitative estimate of drug-likeness (QED) is 0.616. The number of fused-ring (bicyclic) bond motifs is 1. The van der Waals surface area contributed by atoms with Gasteiger partial charge in [0.05, 0.1) is 27.7 Å².